The van der Waals surface area contributed by atoms with Gasteiger partial charge in [-0.25, -0.2) is 9.78 Å². The first-order chi connectivity index (χ1) is 10.3. The van der Waals surface area contributed by atoms with Crippen LogP contribution in [0.5, 0.6) is 0 Å². The van der Waals surface area contributed by atoms with Crippen LogP contribution in [0.3, 0.4) is 0 Å². The van der Waals surface area contributed by atoms with E-state index in [9.17, 15) is 4.79 Å². The average Bonchev–Trinajstić information content (AvgIpc) is 2.45. The van der Waals surface area contributed by atoms with Gasteiger partial charge < -0.3 is 9.64 Å². The van der Waals surface area contributed by atoms with Crippen LogP contribution in [0.1, 0.15) is 39.3 Å². The Morgan fingerprint density at radius 2 is 2.14 bits per heavy atom. The molecule has 1 aliphatic rings. The fourth-order valence-electron chi connectivity index (χ4n) is 2.43. The molecule has 0 radical (unpaired) electrons. The number of hydrogen-bond acceptors (Lipinski definition) is 5. The van der Waals surface area contributed by atoms with Crippen molar-refractivity contribution in [3.05, 3.63) is 18.1 Å². The molecule has 2 rings (SSSR count). The smallest absolute Gasteiger partial charge is 0.410 e. The number of aromatic nitrogens is 2. The molecule has 0 aliphatic carbocycles. The molecule has 1 saturated heterocycles. The SMILES string of the molecule is Cc1nccnc1SC[C@@H]1CCCN(C(=O)OC(C)(C)C)C1. The fraction of sp³-hybridized carbons (Fsp3) is 0.688. The van der Waals surface area contributed by atoms with Gasteiger partial charge in [-0.1, -0.05) is 0 Å². The third-order valence-electron chi connectivity index (χ3n) is 3.46. The quantitative estimate of drug-likeness (QED) is 0.797. The average molecular weight is 323 g/mol. The number of carbonyl (C=O) groups excluding carboxylic acids is 1. The number of piperidine rings is 1. The normalized spacial score (nSPS) is 19.1. The molecule has 0 bridgehead atoms. The summed E-state index contributed by atoms with van der Waals surface area (Å²) in [6.45, 7) is 9.24. The van der Waals surface area contributed by atoms with Crippen molar-refractivity contribution < 1.29 is 9.53 Å². The molecule has 2 heterocycles. The standard InChI is InChI=1S/C16H25N3O2S/c1-12-14(18-8-7-17-12)22-11-13-6-5-9-19(10-13)15(20)21-16(2,3)4/h7-8,13H,5-6,9-11H2,1-4H3/t13-/m1/s1. The third kappa shape index (κ3) is 5.16. The highest BCUT2D eigenvalue weighted by atomic mass is 32.2. The Kier molecular flexibility index (Phi) is 5.67. The highest BCUT2D eigenvalue weighted by Gasteiger charge is 2.27. The molecular weight excluding hydrogens is 298 g/mol. The van der Waals surface area contributed by atoms with Gasteiger partial charge in [0.15, 0.2) is 0 Å². The molecule has 6 heteroatoms. The Hall–Kier alpha value is -1.30. The molecule has 1 aromatic heterocycles. The van der Waals surface area contributed by atoms with Crippen LogP contribution in [0.4, 0.5) is 4.79 Å². The minimum Gasteiger partial charge on any atom is -0.444 e. The lowest BCUT2D eigenvalue weighted by molar-refractivity contribution is 0.0177. The molecule has 1 aliphatic heterocycles. The van der Waals surface area contributed by atoms with Gasteiger partial charge >= 0.3 is 6.09 Å². The minimum atomic E-state index is -0.435. The molecule has 1 aromatic rings. The van der Waals surface area contributed by atoms with Gasteiger partial charge in [-0.05, 0) is 46.5 Å². The number of rotatable bonds is 3. The monoisotopic (exact) mass is 323 g/mol. The zero-order valence-corrected chi connectivity index (χ0v) is 14.7. The van der Waals surface area contributed by atoms with Crippen molar-refractivity contribution >= 4 is 17.9 Å². The fourth-order valence-corrected chi connectivity index (χ4v) is 3.49. The number of ether oxygens (including phenoxy) is 1. The topological polar surface area (TPSA) is 55.3 Å². The number of aryl methyl sites for hydroxylation is 1. The highest BCUT2D eigenvalue weighted by molar-refractivity contribution is 7.99. The van der Waals surface area contributed by atoms with Crippen molar-refractivity contribution in [2.24, 2.45) is 5.92 Å². The lowest BCUT2D eigenvalue weighted by Gasteiger charge is -2.34. The van der Waals surface area contributed by atoms with Crippen molar-refractivity contribution in [1.29, 1.82) is 0 Å². The molecule has 0 saturated carbocycles. The van der Waals surface area contributed by atoms with E-state index in [2.05, 4.69) is 9.97 Å². The summed E-state index contributed by atoms with van der Waals surface area (Å²) in [7, 11) is 0. The molecule has 0 N–H and O–H groups in total. The van der Waals surface area contributed by atoms with Crippen LogP contribution in [-0.2, 0) is 4.74 Å². The van der Waals surface area contributed by atoms with Crippen LogP contribution in [0, 0.1) is 12.8 Å². The zero-order valence-electron chi connectivity index (χ0n) is 13.8. The second-order valence-corrected chi connectivity index (χ2v) is 7.70. The van der Waals surface area contributed by atoms with E-state index in [1.807, 2.05) is 32.6 Å². The van der Waals surface area contributed by atoms with E-state index < -0.39 is 5.60 Å². The Labute approximate surface area is 136 Å². The van der Waals surface area contributed by atoms with Gasteiger partial charge in [0.05, 0.1) is 5.69 Å². The summed E-state index contributed by atoms with van der Waals surface area (Å²) in [4.78, 5) is 22.6. The first-order valence-electron chi connectivity index (χ1n) is 7.73. The summed E-state index contributed by atoms with van der Waals surface area (Å²) in [5.74, 6) is 1.44. The van der Waals surface area contributed by atoms with Gasteiger partial charge in [0.25, 0.3) is 0 Å². The van der Waals surface area contributed by atoms with Crippen LogP contribution >= 0.6 is 11.8 Å². The van der Waals surface area contributed by atoms with Crippen molar-refractivity contribution in [3.63, 3.8) is 0 Å². The highest BCUT2D eigenvalue weighted by Crippen LogP contribution is 2.26. The van der Waals surface area contributed by atoms with Crippen LogP contribution in [-0.4, -0.2) is 45.4 Å². The van der Waals surface area contributed by atoms with Crippen LogP contribution in [0.2, 0.25) is 0 Å². The predicted octanol–water partition coefficient (Wildman–Crippen LogP) is 3.52. The van der Waals surface area contributed by atoms with Gasteiger partial charge in [-0.2, -0.15) is 0 Å². The largest absolute Gasteiger partial charge is 0.444 e. The van der Waals surface area contributed by atoms with Crippen molar-refractivity contribution in [2.45, 2.75) is 51.2 Å². The summed E-state index contributed by atoms with van der Waals surface area (Å²) in [5.41, 5.74) is 0.530. The number of amides is 1. The van der Waals surface area contributed by atoms with Gasteiger partial charge in [0.1, 0.15) is 10.6 Å². The van der Waals surface area contributed by atoms with Crippen molar-refractivity contribution in [2.75, 3.05) is 18.8 Å². The van der Waals surface area contributed by atoms with Crippen LogP contribution in [0.15, 0.2) is 17.4 Å². The maximum atomic E-state index is 12.2. The summed E-state index contributed by atoms with van der Waals surface area (Å²) < 4.78 is 5.47. The van der Waals surface area contributed by atoms with Crippen molar-refractivity contribution in [3.8, 4) is 0 Å². The zero-order chi connectivity index (χ0) is 16.2. The Morgan fingerprint density at radius 3 is 2.82 bits per heavy atom. The summed E-state index contributed by atoms with van der Waals surface area (Å²) in [6.07, 6.45) is 5.42. The Morgan fingerprint density at radius 1 is 1.41 bits per heavy atom. The predicted molar refractivity (Wildman–Crippen MR) is 88.0 cm³/mol. The van der Waals surface area contributed by atoms with E-state index in [-0.39, 0.29) is 6.09 Å². The van der Waals surface area contributed by atoms with Crippen molar-refractivity contribution in [1.82, 2.24) is 14.9 Å². The van der Waals surface area contributed by atoms with E-state index in [1.165, 1.54) is 0 Å². The first kappa shape index (κ1) is 17.1. The molecule has 0 aromatic carbocycles. The van der Waals surface area contributed by atoms with Gasteiger partial charge in [-0.15, -0.1) is 11.8 Å². The number of likely N-dealkylation sites (tertiary alicyclic amines) is 1. The minimum absolute atomic E-state index is 0.196. The second kappa shape index (κ2) is 7.31. The number of hydrogen-bond donors (Lipinski definition) is 0. The van der Waals surface area contributed by atoms with E-state index in [0.29, 0.717) is 5.92 Å². The maximum absolute atomic E-state index is 12.2. The Balaban J connectivity index is 1.86. The molecule has 0 spiro atoms. The van der Waals surface area contributed by atoms with Gasteiger partial charge in [0.2, 0.25) is 0 Å². The first-order valence-corrected chi connectivity index (χ1v) is 8.72. The van der Waals surface area contributed by atoms with Gasteiger partial charge in [0, 0.05) is 31.2 Å². The van der Waals surface area contributed by atoms with E-state index in [4.69, 9.17) is 4.74 Å². The lowest BCUT2D eigenvalue weighted by atomic mass is 10.0. The second-order valence-electron chi connectivity index (χ2n) is 6.69. The number of thioether (sulfide) groups is 1. The van der Waals surface area contributed by atoms with E-state index in [1.54, 1.807) is 24.2 Å². The molecule has 1 amide bonds. The molecule has 1 atom stereocenters. The Bertz CT molecular complexity index is 516. The molecular formula is C16H25N3O2S. The van der Waals surface area contributed by atoms with Crippen LogP contribution in [0.25, 0.3) is 0 Å². The molecule has 22 heavy (non-hydrogen) atoms. The molecule has 1 fully saturated rings. The van der Waals surface area contributed by atoms with Crippen LogP contribution < -0.4 is 0 Å². The summed E-state index contributed by atoms with van der Waals surface area (Å²) in [5, 5.41) is 0.983. The van der Waals surface area contributed by atoms with E-state index >= 15 is 0 Å². The summed E-state index contributed by atoms with van der Waals surface area (Å²) >= 11 is 1.73. The van der Waals surface area contributed by atoms with Gasteiger partial charge in [-0.3, -0.25) is 4.98 Å². The lowest BCUT2D eigenvalue weighted by Crippen LogP contribution is -2.43. The molecule has 0 unspecified atom stereocenters. The summed E-state index contributed by atoms with van der Waals surface area (Å²) in [6, 6.07) is 0. The number of carbonyl (C=O) groups is 1. The number of nitrogens with zero attached hydrogens (tertiary/aromatic N) is 3. The van der Waals surface area contributed by atoms with E-state index in [0.717, 1.165) is 42.4 Å². The third-order valence-corrected chi connectivity index (χ3v) is 4.77. The molecule has 122 valence electrons. The molecule has 5 nitrogen and oxygen atoms in total. The maximum Gasteiger partial charge on any atom is 0.410 e.